The number of rotatable bonds is 18. The number of ether oxygens (including phenoxy) is 2. The molecule has 4 nitrogen and oxygen atoms in total. The molecule has 0 unspecified atom stereocenters. The fraction of sp³-hybridized carbons (Fsp3) is 0.588. The first-order valence-corrected chi connectivity index (χ1v) is 15.1. The maximum absolute atomic E-state index is 12.4. The Hall–Kier alpha value is -2.62. The number of esters is 2. The number of benzene rings is 2. The molecule has 0 bridgehead atoms. The molecule has 2 aromatic rings. The van der Waals surface area contributed by atoms with Crippen LogP contribution in [0.1, 0.15) is 137 Å². The molecule has 0 fully saturated rings. The van der Waals surface area contributed by atoms with E-state index in [0.29, 0.717) is 24.3 Å². The number of carbonyl (C=O) groups excluding carboxylic acids is 2. The minimum absolute atomic E-state index is 0.293. The molecule has 0 N–H and O–H groups in total. The molecule has 0 amide bonds. The van der Waals surface area contributed by atoms with E-state index in [-0.39, 0.29) is 0 Å². The van der Waals surface area contributed by atoms with Gasteiger partial charge in [0.1, 0.15) is 0 Å². The Labute approximate surface area is 232 Å². The second-order valence-corrected chi connectivity index (χ2v) is 9.88. The molecule has 2 aromatic carbocycles. The van der Waals surface area contributed by atoms with Gasteiger partial charge in [0, 0.05) is 0 Å². The van der Waals surface area contributed by atoms with Gasteiger partial charge in [-0.3, -0.25) is 0 Å². The first-order chi connectivity index (χ1) is 18.6. The van der Waals surface area contributed by atoms with Crippen molar-refractivity contribution >= 4 is 11.9 Å². The molecule has 0 aliphatic rings. The standard InChI is InChI=1S/C24H38O4.C10H14/c1-3-5-7-9-11-15-19-27-23(25)21-17-13-14-18-22(21)24(26)28-20-16-12-10-8-6-4-2;1-3-9-5-7-10(4-2)8-6-9/h13-14,17-18H,3-12,15-16,19-20H2,1-2H3;5-8H,3-4H2,1-2H3. The Bertz CT molecular complexity index is 800. The van der Waals surface area contributed by atoms with Gasteiger partial charge >= 0.3 is 11.9 Å². The van der Waals surface area contributed by atoms with Crippen molar-refractivity contribution in [3.8, 4) is 0 Å². The quantitative estimate of drug-likeness (QED) is 0.144. The van der Waals surface area contributed by atoms with E-state index in [1.54, 1.807) is 24.3 Å². The fourth-order valence-corrected chi connectivity index (χ4v) is 4.10. The molecule has 0 radical (unpaired) electrons. The lowest BCUT2D eigenvalue weighted by Crippen LogP contribution is -2.15. The van der Waals surface area contributed by atoms with Gasteiger partial charge in [-0.2, -0.15) is 0 Å². The van der Waals surface area contributed by atoms with Crippen LogP contribution in [0.4, 0.5) is 0 Å². The highest BCUT2D eigenvalue weighted by Crippen LogP contribution is 2.14. The largest absolute Gasteiger partial charge is 0.462 e. The number of carbonyl (C=O) groups is 2. The van der Waals surface area contributed by atoms with Crippen molar-refractivity contribution < 1.29 is 19.1 Å². The lowest BCUT2D eigenvalue weighted by atomic mass is 10.1. The normalized spacial score (nSPS) is 10.4. The summed E-state index contributed by atoms with van der Waals surface area (Å²) in [6.07, 6.45) is 15.9. The van der Waals surface area contributed by atoms with Gasteiger partial charge in [-0.05, 0) is 48.9 Å². The minimum Gasteiger partial charge on any atom is -0.462 e. The zero-order valence-corrected chi connectivity index (χ0v) is 24.6. The smallest absolute Gasteiger partial charge is 0.339 e. The molecule has 2 rings (SSSR count). The van der Waals surface area contributed by atoms with Crippen LogP contribution < -0.4 is 0 Å². The SMILES string of the molecule is CCCCCCCCOC(=O)c1ccccc1C(=O)OCCCCCCCC.CCc1ccc(CC)cc1. The van der Waals surface area contributed by atoms with Crippen LogP contribution in [0.2, 0.25) is 0 Å². The van der Waals surface area contributed by atoms with Crippen LogP contribution in [-0.2, 0) is 22.3 Å². The molecule has 0 aliphatic heterocycles. The van der Waals surface area contributed by atoms with E-state index >= 15 is 0 Å². The molecule has 0 spiro atoms. The predicted molar refractivity (Wildman–Crippen MR) is 159 cm³/mol. The van der Waals surface area contributed by atoms with E-state index in [1.165, 1.54) is 62.5 Å². The highest BCUT2D eigenvalue weighted by atomic mass is 16.5. The van der Waals surface area contributed by atoms with Crippen LogP contribution in [0.5, 0.6) is 0 Å². The first kappa shape index (κ1) is 33.4. The predicted octanol–water partition coefficient (Wildman–Crippen LogP) is 9.53. The minimum atomic E-state index is -0.444. The van der Waals surface area contributed by atoms with E-state index in [1.807, 2.05) is 0 Å². The summed E-state index contributed by atoms with van der Waals surface area (Å²) in [6, 6.07) is 15.6. The highest BCUT2D eigenvalue weighted by Gasteiger charge is 2.18. The molecule has 0 aromatic heterocycles. The van der Waals surface area contributed by atoms with E-state index in [0.717, 1.165) is 38.5 Å². The van der Waals surface area contributed by atoms with Gasteiger partial charge < -0.3 is 9.47 Å². The summed E-state index contributed by atoms with van der Waals surface area (Å²) in [5, 5.41) is 0. The summed E-state index contributed by atoms with van der Waals surface area (Å²) < 4.78 is 10.7. The Kier molecular flexibility index (Phi) is 19.7. The van der Waals surface area contributed by atoms with E-state index < -0.39 is 11.9 Å². The lowest BCUT2D eigenvalue weighted by molar-refractivity contribution is 0.0450. The van der Waals surface area contributed by atoms with E-state index in [9.17, 15) is 9.59 Å². The van der Waals surface area contributed by atoms with Gasteiger partial charge in [-0.1, -0.05) is 128 Å². The summed E-state index contributed by atoms with van der Waals surface area (Å²) in [6.45, 7) is 9.54. The molecule has 0 saturated carbocycles. The monoisotopic (exact) mass is 524 g/mol. The molecular formula is C34H52O4. The topological polar surface area (TPSA) is 52.6 Å². The highest BCUT2D eigenvalue weighted by molar-refractivity contribution is 6.03. The van der Waals surface area contributed by atoms with Crippen LogP contribution in [0.15, 0.2) is 48.5 Å². The van der Waals surface area contributed by atoms with Crippen molar-refractivity contribution in [3.05, 3.63) is 70.8 Å². The second-order valence-electron chi connectivity index (χ2n) is 9.88. The second kappa shape index (κ2) is 22.4. The van der Waals surface area contributed by atoms with Gasteiger partial charge in [-0.15, -0.1) is 0 Å². The van der Waals surface area contributed by atoms with Crippen LogP contribution in [0, 0.1) is 0 Å². The number of hydrogen-bond donors (Lipinski definition) is 0. The van der Waals surface area contributed by atoms with Crippen molar-refractivity contribution in [1.82, 2.24) is 0 Å². The van der Waals surface area contributed by atoms with Crippen molar-refractivity contribution in [2.45, 2.75) is 118 Å². The summed E-state index contributed by atoms with van der Waals surface area (Å²) in [5.41, 5.74) is 3.44. The molecule has 212 valence electrons. The zero-order valence-electron chi connectivity index (χ0n) is 24.6. The van der Waals surface area contributed by atoms with Gasteiger partial charge in [-0.25, -0.2) is 9.59 Å². The van der Waals surface area contributed by atoms with Crippen molar-refractivity contribution in [3.63, 3.8) is 0 Å². The van der Waals surface area contributed by atoms with Gasteiger partial charge in [0.05, 0.1) is 24.3 Å². The Morgan fingerprint density at radius 1 is 0.500 bits per heavy atom. The number of aryl methyl sites for hydroxylation is 2. The molecule has 0 saturated heterocycles. The Balaban J connectivity index is 0.000000600. The summed E-state index contributed by atoms with van der Waals surface area (Å²) >= 11 is 0. The Morgan fingerprint density at radius 2 is 0.842 bits per heavy atom. The average molecular weight is 525 g/mol. The third kappa shape index (κ3) is 15.0. The van der Waals surface area contributed by atoms with Gasteiger partial charge in [0.2, 0.25) is 0 Å². The maximum Gasteiger partial charge on any atom is 0.339 e. The van der Waals surface area contributed by atoms with Crippen LogP contribution in [0.3, 0.4) is 0 Å². The molecule has 0 aliphatic carbocycles. The lowest BCUT2D eigenvalue weighted by Gasteiger charge is -2.10. The van der Waals surface area contributed by atoms with Gasteiger partial charge in [0.25, 0.3) is 0 Å². The molecular weight excluding hydrogens is 472 g/mol. The maximum atomic E-state index is 12.4. The third-order valence-corrected chi connectivity index (χ3v) is 6.67. The molecule has 38 heavy (non-hydrogen) atoms. The summed E-state index contributed by atoms with van der Waals surface area (Å²) in [5.74, 6) is -0.888. The Morgan fingerprint density at radius 3 is 1.18 bits per heavy atom. The summed E-state index contributed by atoms with van der Waals surface area (Å²) in [7, 11) is 0. The van der Waals surface area contributed by atoms with Crippen LogP contribution in [0.25, 0.3) is 0 Å². The van der Waals surface area contributed by atoms with E-state index in [2.05, 4.69) is 52.0 Å². The van der Waals surface area contributed by atoms with Crippen molar-refractivity contribution in [2.24, 2.45) is 0 Å². The number of unbranched alkanes of at least 4 members (excludes halogenated alkanes) is 10. The van der Waals surface area contributed by atoms with Crippen molar-refractivity contribution in [1.29, 1.82) is 0 Å². The average Bonchev–Trinajstić information content (AvgIpc) is 2.96. The molecule has 4 heteroatoms. The fourth-order valence-electron chi connectivity index (χ4n) is 4.10. The van der Waals surface area contributed by atoms with Crippen LogP contribution >= 0.6 is 0 Å². The van der Waals surface area contributed by atoms with Gasteiger partial charge in [0.15, 0.2) is 0 Å². The first-order valence-electron chi connectivity index (χ1n) is 15.1. The summed E-state index contributed by atoms with van der Waals surface area (Å²) in [4.78, 5) is 24.7. The van der Waals surface area contributed by atoms with E-state index in [4.69, 9.17) is 9.47 Å². The zero-order chi connectivity index (χ0) is 27.8. The van der Waals surface area contributed by atoms with Crippen molar-refractivity contribution in [2.75, 3.05) is 13.2 Å². The molecule has 0 heterocycles. The van der Waals surface area contributed by atoms with Crippen LogP contribution in [-0.4, -0.2) is 25.2 Å². The number of hydrogen-bond acceptors (Lipinski definition) is 4. The third-order valence-electron chi connectivity index (χ3n) is 6.67. The molecule has 0 atom stereocenters.